The molecule has 0 spiro atoms. The number of likely N-dealkylation sites (tertiary alicyclic amines) is 1. The van der Waals surface area contributed by atoms with Crippen LogP contribution in [0.25, 0.3) is 0 Å². The first kappa shape index (κ1) is 16.2. The van der Waals surface area contributed by atoms with Crippen molar-refractivity contribution < 1.29 is 8.42 Å². The average Bonchev–Trinajstić information content (AvgIpc) is 2.70. The van der Waals surface area contributed by atoms with Crippen LogP contribution < -0.4 is 4.72 Å². The Balaban J connectivity index is 1.82. The van der Waals surface area contributed by atoms with E-state index in [4.69, 9.17) is 0 Å². The maximum atomic E-state index is 12.4. The second kappa shape index (κ2) is 7.73. The van der Waals surface area contributed by atoms with Crippen LogP contribution in [0.1, 0.15) is 51.9 Å². The fourth-order valence-electron chi connectivity index (χ4n) is 3.16. The summed E-state index contributed by atoms with van der Waals surface area (Å²) >= 11 is 0. The molecule has 2 rings (SSSR count). The molecule has 2 heterocycles. The molecular weight excluding hydrogens is 274 g/mol. The van der Waals surface area contributed by atoms with Crippen molar-refractivity contribution in [3.05, 3.63) is 0 Å². The molecule has 0 aromatic carbocycles. The van der Waals surface area contributed by atoms with Crippen molar-refractivity contribution in [1.82, 2.24) is 13.9 Å². The lowest BCUT2D eigenvalue weighted by molar-refractivity contribution is 0.206. The number of hydrogen-bond donors (Lipinski definition) is 1. The van der Waals surface area contributed by atoms with Crippen LogP contribution in [-0.4, -0.2) is 56.4 Å². The monoisotopic (exact) mass is 303 g/mol. The van der Waals surface area contributed by atoms with E-state index in [2.05, 4.69) is 16.5 Å². The molecule has 0 amide bonds. The van der Waals surface area contributed by atoms with Crippen molar-refractivity contribution in [3.8, 4) is 0 Å². The van der Waals surface area contributed by atoms with Gasteiger partial charge in [0, 0.05) is 19.1 Å². The maximum absolute atomic E-state index is 12.4. The smallest absolute Gasteiger partial charge is 0.279 e. The minimum Gasteiger partial charge on any atom is -0.303 e. The molecule has 0 bridgehead atoms. The minimum absolute atomic E-state index is 0.122. The summed E-state index contributed by atoms with van der Waals surface area (Å²) in [6, 6.07) is 0.122. The van der Waals surface area contributed by atoms with Crippen molar-refractivity contribution >= 4 is 10.2 Å². The maximum Gasteiger partial charge on any atom is 0.279 e. The van der Waals surface area contributed by atoms with Crippen molar-refractivity contribution in [3.63, 3.8) is 0 Å². The van der Waals surface area contributed by atoms with E-state index in [1.807, 2.05) is 0 Å². The minimum atomic E-state index is -3.27. The molecule has 1 N–H and O–H groups in total. The van der Waals surface area contributed by atoms with Gasteiger partial charge >= 0.3 is 0 Å². The predicted octanol–water partition coefficient (Wildman–Crippen LogP) is 1.57. The predicted molar refractivity (Wildman–Crippen MR) is 81.8 cm³/mol. The molecule has 2 fully saturated rings. The van der Waals surface area contributed by atoms with Gasteiger partial charge in [-0.05, 0) is 51.7 Å². The third-order valence-corrected chi connectivity index (χ3v) is 6.02. The van der Waals surface area contributed by atoms with Crippen LogP contribution >= 0.6 is 0 Å². The molecule has 0 radical (unpaired) electrons. The summed E-state index contributed by atoms with van der Waals surface area (Å²) in [7, 11) is -3.27. The molecule has 5 nitrogen and oxygen atoms in total. The van der Waals surface area contributed by atoms with Gasteiger partial charge in [0.25, 0.3) is 10.2 Å². The molecular formula is C14H29N3O2S. The van der Waals surface area contributed by atoms with Crippen LogP contribution in [0.5, 0.6) is 0 Å². The molecule has 6 heteroatoms. The molecule has 0 aromatic rings. The normalized spacial score (nSPS) is 24.6. The first-order valence-corrected chi connectivity index (χ1v) is 9.55. The van der Waals surface area contributed by atoms with Gasteiger partial charge in [-0.15, -0.1) is 0 Å². The Hall–Kier alpha value is -0.170. The van der Waals surface area contributed by atoms with Gasteiger partial charge in [-0.2, -0.15) is 17.4 Å². The highest BCUT2D eigenvalue weighted by atomic mass is 32.2. The molecule has 0 unspecified atom stereocenters. The lowest BCUT2D eigenvalue weighted by atomic mass is 10.1. The number of nitrogens with one attached hydrogen (secondary N) is 1. The third kappa shape index (κ3) is 4.69. The van der Waals surface area contributed by atoms with Crippen LogP contribution in [0.2, 0.25) is 0 Å². The Morgan fingerprint density at radius 1 is 1.00 bits per heavy atom. The van der Waals surface area contributed by atoms with Crippen molar-refractivity contribution in [2.75, 3.05) is 32.7 Å². The van der Waals surface area contributed by atoms with E-state index < -0.39 is 10.2 Å². The molecule has 118 valence electrons. The van der Waals surface area contributed by atoms with Gasteiger partial charge in [0.1, 0.15) is 0 Å². The number of hydrogen-bond acceptors (Lipinski definition) is 3. The average molecular weight is 303 g/mol. The second-order valence-electron chi connectivity index (χ2n) is 6.05. The lowest BCUT2D eigenvalue weighted by Gasteiger charge is -2.33. The number of piperidine rings is 1. The van der Waals surface area contributed by atoms with Gasteiger partial charge in [0.15, 0.2) is 0 Å². The summed E-state index contributed by atoms with van der Waals surface area (Å²) in [5, 5.41) is 0. The summed E-state index contributed by atoms with van der Waals surface area (Å²) in [6.07, 6.45) is 7.35. The van der Waals surface area contributed by atoms with Gasteiger partial charge in [-0.3, -0.25) is 0 Å². The molecule has 20 heavy (non-hydrogen) atoms. The summed E-state index contributed by atoms with van der Waals surface area (Å²) in [5.41, 5.74) is 0. The molecule has 2 saturated heterocycles. The van der Waals surface area contributed by atoms with E-state index in [0.29, 0.717) is 13.1 Å². The highest BCUT2D eigenvalue weighted by molar-refractivity contribution is 7.87. The van der Waals surface area contributed by atoms with E-state index in [0.717, 1.165) is 58.2 Å². The van der Waals surface area contributed by atoms with Crippen molar-refractivity contribution in [2.45, 2.75) is 57.9 Å². The standard InChI is InChI=1S/C14H29N3O2S/c1-2-9-16-12-7-14(8-13-16)15-20(18,19)17-10-5-3-4-6-11-17/h14-15H,2-13H2,1H3. The van der Waals surface area contributed by atoms with Crippen molar-refractivity contribution in [1.29, 1.82) is 0 Å². The number of rotatable bonds is 5. The summed E-state index contributed by atoms with van der Waals surface area (Å²) in [4.78, 5) is 2.43. The van der Waals surface area contributed by atoms with Gasteiger partial charge in [0.05, 0.1) is 0 Å². The SMILES string of the molecule is CCCN1CCC(NS(=O)(=O)N2CCCCCC2)CC1. The van der Waals surface area contributed by atoms with Crippen LogP contribution in [-0.2, 0) is 10.2 Å². The van der Waals surface area contributed by atoms with Gasteiger partial charge < -0.3 is 4.90 Å². The van der Waals surface area contributed by atoms with E-state index in [9.17, 15) is 8.42 Å². The Morgan fingerprint density at radius 2 is 1.60 bits per heavy atom. The zero-order valence-corrected chi connectivity index (χ0v) is 13.5. The summed E-state index contributed by atoms with van der Waals surface area (Å²) < 4.78 is 29.4. The Kier molecular flexibility index (Phi) is 6.26. The summed E-state index contributed by atoms with van der Waals surface area (Å²) in [5.74, 6) is 0. The highest BCUT2D eigenvalue weighted by Gasteiger charge is 2.27. The Morgan fingerprint density at radius 3 is 2.15 bits per heavy atom. The molecule has 2 aliphatic heterocycles. The Labute approximate surface area is 123 Å². The topological polar surface area (TPSA) is 52.7 Å². The fraction of sp³-hybridized carbons (Fsp3) is 1.00. The molecule has 0 atom stereocenters. The van der Waals surface area contributed by atoms with Gasteiger partial charge in [-0.25, -0.2) is 0 Å². The van der Waals surface area contributed by atoms with Gasteiger partial charge in [-0.1, -0.05) is 19.8 Å². The molecule has 0 saturated carbocycles. The van der Waals surface area contributed by atoms with Crippen LogP contribution in [0.4, 0.5) is 0 Å². The fourth-order valence-corrected chi connectivity index (χ4v) is 4.70. The van der Waals surface area contributed by atoms with Gasteiger partial charge in [0.2, 0.25) is 0 Å². The van der Waals surface area contributed by atoms with Crippen LogP contribution in [0, 0.1) is 0 Å². The van der Waals surface area contributed by atoms with E-state index >= 15 is 0 Å². The van der Waals surface area contributed by atoms with E-state index in [1.54, 1.807) is 4.31 Å². The lowest BCUT2D eigenvalue weighted by Crippen LogP contribution is -2.49. The largest absolute Gasteiger partial charge is 0.303 e. The first-order valence-electron chi connectivity index (χ1n) is 8.11. The van der Waals surface area contributed by atoms with Crippen LogP contribution in [0.15, 0.2) is 0 Å². The number of nitrogens with zero attached hydrogens (tertiary/aromatic N) is 2. The van der Waals surface area contributed by atoms with E-state index in [1.165, 1.54) is 6.42 Å². The third-order valence-electron chi connectivity index (χ3n) is 4.35. The molecule has 0 aromatic heterocycles. The van der Waals surface area contributed by atoms with E-state index in [-0.39, 0.29) is 6.04 Å². The Bertz CT molecular complexity index is 370. The zero-order valence-electron chi connectivity index (χ0n) is 12.7. The second-order valence-corrected chi connectivity index (χ2v) is 7.75. The molecule has 0 aliphatic carbocycles. The first-order chi connectivity index (χ1) is 9.62. The highest BCUT2D eigenvalue weighted by Crippen LogP contribution is 2.16. The van der Waals surface area contributed by atoms with Crippen molar-refractivity contribution in [2.24, 2.45) is 0 Å². The summed E-state index contributed by atoms with van der Waals surface area (Å²) in [6.45, 7) is 6.72. The quantitative estimate of drug-likeness (QED) is 0.839. The van der Waals surface area contributed by atoms with Crippen LogP contribution in [0.3, 0.4) is 0 Å². The molecule has 2 aliphatic rings. The zero-order chi connectivity index (χ0) is 14.4.